The van der Waals surface area contributed by atoms with E-state index < -0.39 is 0 Å². The van der Waals surface area contributed by atoms with E-state index in [2.05, 4.69) is 22.7 Å². The Hall–Kier alpha value is -0.670. The molecule has 0 saturated carbocycles. The first-order valence-electron chi connectivity index (χ1n) is 4.86. The third kappa shape index (κ3) is 1.23. The second-order valence-corrected chi connectivity index (χ2v) is 5.52. The largest absolute Gasteiger partial charge is 0.241 e. The highest BCUT2D eigenvalue weighted by Crippen LogP contribution is 2.38. The van der Waals surface area contributed by atoms with E-state index in [0.717, 1.165) is 5.69 Å². The molecule has 0 radical (unpaired) electrons. The zero-order valence-electron chi connectivity index (χ0n) is 8.04. The van der Waals surface area contributed by atoms with Crippen LogP contribution in [-0.2, 0) is 12.8 Å². The van der Waals surface area contributed by atoms with Crippen molar-refractivity contribution in [1.82, 2.24) is 4.98 Å². The van der Waals surface area contributed by atoms with Gasteiger partial charge in [0.1, 0.15) is 5.01 Å². The van der Waals surface area contributed by atoms with Gasteiger partial charge in [-0.15, -0.1) is 22.7 Å². The van der Waals surface area contributed by atoms with Crippen molar-refractivity contribution in [3.8, 4) is 10.6 Å². The molecule has 0 fully saturated rings. The van der Waals surface area contributed by atoms with Crippen molar-refractivity contribution in [2.75, 3.05) is 0 Å². The van der Waals surface area contributed by atoms with Gasteiger partial charge < -0.3 is 0 Å². The second-order valence-electron chi connectivity index (χ2n) is 3.70. The number of aryl methyl sites for hydroxylation is 2. The molecule has 0 unspecified atom stereocenters. The van der Waals surface area contributed by atoms with E-state index in [-0.39, 0.29) is 0 Å². The van der Waals surface area contributed by atoms with Crippen LogP contribution in [0.1, 0.15) is 22.6 Å². The fourth-order valence-electron chi connectivity index (χ4n) is 1.99. The van der Waals surface area contributed by atoms with Crippen LogP contribution in [0.25, 0.3) is 10.6 Å². The quantitative estimate of drug-likeness (QED) is 0.716. The van der Waals surface area contributed by atoms with E-state index in [4.69, 9.17) is 0 Å². The number of aromatic nitrogens is 1. The number of hydrogen-bond acceptors (Lipinski definition) is 3. The van der Waals surface area contributed by atoms with Crippen LogP contribution >= 0.6 is 22.7 Å². The number of thiophene rings is 1. The summed E-state index contributed by atoms with van der Waals surface area (Å²) in [5.41, 5.74) is 4.12. The van der Waals surface area contributed by atoms with Crippen LogP contribution in [0.2, 0.25) is 0 Å². The molecule has 14 heavy (non-hydrogen) atoms. The molecule has 3 heteroatoms. The number of fused-ring (bicyclic) bond motifs is 1. The van der Waals surface area contributed by atoms with Crippen LogP contribution < -0.4 is 0 Å². The van der Waals surface area contributed by atoms with Crippen molar-refractivity contribution in [3.05, 3.63) is 26.9 Å². The van der Waals surface area contributed by atoms with Gasteiger partial charge in [0.25, 0.3) is 0 Å². The van der Waals surface area contributed by atoms with E-state index in [1.54, 1.807) is 21.8 Å². The summed E-state index contributed by atoms with van der Waals surface area (Å²) in [6.45, 7) is 2.06. The SMILES string of the molecule is Cc1csc(-c2csc3c2CCC3)n1. The Morgan fingerprint density at radius 3 is 2.93 bits per heavy atom. The standard InChI is InChI=1S/C11H11NS2/c1-7-5-14-11(12-7)9-6-13-10-4-2-3-8(9)10/h5-6H,2-4H2,1H3. The number of rotatable bonds is 1. The molecule has 0 aliphatic heterocycles. The lowest BCUT2D eigenvalue weighted by Gasteiger charge is -1.95. The van der Waals surface area contributed by atoms with Crippen LogP contribution in [0.15, 0.2) is 10.8 Å². The van der Waals surface area contributed by atoms with Gasteiger partial charge in [-0.2, -0.15) is 0 Å². The molecule has 3 rings (SSSR count). The van der Waals surface area contributed by atoms with E-state index >= 15 is 0 Å². The highest BCUT2D eigenvalue weighted by molar-refractivity contribution is 7.14. The molecule has 0 saturated heterocycles. The number of hydrogen-bond donors (Lipinski definition) is 0. The molecule has 0 bridgehead atoms. The Morgan fingerprint density at radius 2 is 2.14 bits per heavy atom. The van der Waals surface area contributed by atoms with Crippen LogP contribution in [0.4, 0.5) is 0 Å². The summed E-state index contributed by atoms with van der Waals surface area (Å²) in [5.74, 6) is 0. The molecule has 2 aromatic heterocycles. The van der Waals surface area contributed by atoms with Crippen molar-refractivity contribution < 1.29 is 0 Å². The number of thiazole rings is 1. The van der Waals surface area contributed by atoms with Gasteiger partial charge in [0.15, 0.2) is 0 Å². The molecular weight excluding hydrogens is 210 g/mol. The van der Waals surface area contributed by atoms with E-state index in [1.807, 2.05) is 11.3 Å². The molecule has 72 valence electrons. The van der Waals surface area contributed by atoms with Crippen molar-refractivity contribution >= 4 is 22.7 Å². The molecule has 0 amide bonds. The maximum Gasteiger partial charge on any atom is 0.124 e. The van der Waals surface area contributed by atoms with E-state index in [9.17, 15) is 0 Å². The Bertz CT molecular complexity index is 467. The van der Waals surface area contributed by atoms with Crippen LogP contribution in [0.5, 0.6) is 0 Å². The van der Waals surface area contributed by atoms with Gasteiger partial charge in [0, 0.05) is 26.9 Å². The van der Waals surface area contributed by atoms with E-state index in [1.165, 1.54) is 29.8 Å². The Balaban J connectivity index is 2.12. The summed E-state index contributed by atoms with van der Waals surface area (Å²) in [6, 6.07) is 0. The lowest BCUT2D eigenvalue weighted by atomic mass is 10.1. The van der Waals surface area contributed by atoms with Gasteiger partial charge >= 0.3 is 0 Å². The molecule has 1 nitrogen and oxygen atoms in total. The third-order valence-electron chi connectivity index (χ3n) is 2.66. The van der Waals surface area contributed by atoms with Crippen molar-refractivity contribution in [3.63, 3.8) is 0 Å². The minimum Gasteiger partial charge on any atom is -0.241 e. The lowest BCUT2D eigenvalue weighted by molar-refractivity contribution is 0.915. The van der Waals surface area contributed by atoms with Crippen molar-refractivity contribution in [1.29, 1.82) is 0 Å². The molecule has 0 N–H and O–H groups in total. The average Bonchev–Trinajstić information content (AvgIpc) is 2.77. The van der Waals surface area contributed by atoms with E-state index in [0.29, 0.717) is 0 Å². The van der Waals surface area contributed by atoms with Gasteiger partial charge in [0.05, 0.1) is 0 Å². The van der Waals surface area contributed by atoms with Crippen LogP contribution in [0, 0.1) is 6.92 Å². The first kappa shape index (κ1) is 8.62. The minimum absolute atomic E-state index is 1.14. The first-order chi connectivity index (χ1) is 6.84. The summed E-state index contributed by atoms with van der Waals surface area (Å²) >= 11 is 3.68. The average molecular weight is 221 g/mol. The Labute approximate surface area is 91.4 Å². The summed E-state index contributed by atoms with van der Waals surface area (Å²) in [4.78, 5) is 6.15. The van der Waals surface area contributed by atoms with Gasteiger partial charge in [-0.25, -0.2) is 4.98 Å². The topological polar surface area (TPSA) is 12.9 Å². The van der Waals surface area contributed by atoms with Gasteiger partial charge in [-0.05, 0) is 31.7 Å². The fourth-order valence-corrected chi connectivity index (χ4v) is 4.04. The summed E-state index contributed by atoms with van der Waals surface area (Å²) < 4.78 is 0. The molecular formula is C11H11NS2. The minimum atomic E-state index is 1.14. The van der Waals surface area contributed by atoms with Crippen molar-refractivity contribution in [2.24, 2.45) is 0 Å². The summed E-state index contributed by atoms with van der Waals surface area (Å²) in [6.07, 6.45) is 3.87. The molecule has 2 heterocycles. The smallest absolute Gasteiger partial charge is 0.124 e. The fraction of sp³-hybridized carbons (Fsp3) is 0.364. The van der Waals surface area contributed by atoms with Crippen LogP contribution in [0.3, 0.4) is 0 Å². The number of nitrogens with zero attached hydrogens (tertiary/aromatic N) is 1. The molecule has 1 aliphatic rings. The predicted octanol–water partition coefficient (Wildman–Crippen LogP) is 3.67. The predicted molar refractivity (Wildman–Crippen MR) is 62.2 cm³/mol. The van der Waals surface area contributed by atoms with Gasteiger partial charge in [-0.3, -0.25) is 0 Å². The summed E-state index contributed by atoms with van der Waals surface area (Å²) in [7, 11) is 0. The molecule has 0 atom stereocenters. The Kier molecular flexibility index (Phi) is 1.96. The van der Waals surface area contributed by atoms with Gasteiger partial charge in [0.2, 0.25) is 0 Å². The Morgan fingerprint density at radius 1 is 1.21 bits per heavy atom. The lowest BCUT2D eigenvalue weighted by Crippen LogP contribution is -1.80. The molecule has 0 spiro atoms. The zero-order valence-corrected chi connectivity index (χ0v) is 9.67. The summed E-state index contributed by atoms with van der Waals surface area (Å²) in [5, 5.41) is 5.62. The van der Waals surface area contributed by atoms with Gasteiger partial charge in [-0.1, -0.05) is 0 Å². The first-order valence-corrected chi connectivity index (χ1v) is 6.62. The molecule has 2 aromatic rings. The zero-order chi connectivity index (χ0) is 9.54. The second kappa shape index (κ2) is 3.17. The monoisotopic (exact) mass is 221 g/mol. The highest BCUT2D eigenvalue weighted by Gasteiger charge is 2.19. The van der Waals surface area contributed by atoms with Crippen LogP contribution in [-0.4, -0.2) is 4.98 Å². The maximum atomic E-state index is 4.56. The van der Waals surface area contributed by atoms with Crippen molar-refractivity contribution in [2.45, 2.75) is 26.2 Å². The molecule has 1 aliphatic carbocycles. The third-order valence-corrected chi connectivity index (χ3v) is 4.74. The normalized spacial score (nSPS) is 14.6. The maximum absolute atomic E-state index is 4.56. The highest BCUT2D eigenvalue weighted by atomic mass is 32.1. The molecule has 0 aromatic carbocycles.